The number of carbonyl (C=O) groups excluding carboxylic acids is 1. The first-order chi connectivity index (χ1) is 9.54. The Labute approximate surface area is 128 Å². The van der Waals surface area contributed by atoms with E-state index in [1.54, 1.807) is 0 Å². The first-order valence-corrected chi connectivity index (χ1v) is 7.66. The molecule has 0 aliphatic carbocycles. The van der Waals surface area contributed by atoms with Gasteiger partial charge < -0.3 is 5.32 Å². The van der Waals surface area contributed by atoms with Crippen molar-refractivity contribution in [3.8, 4) is 0 Å². The van der Waals surface area contributed by atoms with E-state index in [0.29, 0.717) is 10.8 Å². The van der Waals surface area contributed by atoms with Crippen molar-refractivity contribution in [2.45, 2.75) is 18.7 Å². The third-order valence-electron chi connectivity index (χ3n) is 2.97. The van der Waals surface area contributed by atoms with Gasteiger partial charge in [0.1, 0.15) is 0 Å². The van der Waals surface area contributed by atoms with Crippen LogP contribution in [0, 0.1) is 13.8 Å². The Morgan fingerprint density at radius 3 is 2.45 bits per heavy atom. The van der Waals surface area contributed by atoms with Crippen LogP contribution in [-0.4, -0.2) is 11.7 Å². The number of halogens is 1. The maximum atomic E-state index is 11.9. The zero-order chi connectivity index (χ0) is 14.5. The van der Waals surface area contributed by atoms with Crippen LogP contribution < -0.4 is 5.32 Å². The molecule has 1 amide bonds. The second kappa shape index (κ2) is 6.82. The van der Waals surface area contributed by atoms with Crippen LogP contribution in [0.25, 0.3) is 0 Å². The zero-order valence-corrected chi connectivity index (χ0v) is 13.0. The Morgan fingerprint density at radius 1 is 1.10 bits per heavy atom. The van der Waals surface area contributed by atoms with Gasteiger partial charge in [-0.1, -0.05) is 17.7 Å². The average molecular weight is 306 g/mol. The topological polar surface area (TPSA) is 29.1 Å². The normalized spacial score (nSPS) is 10.3. The van der Waals surface area contributed by atoms with Crippen LogP contribution in [0.4, 0.5) is 5.69 Å². The summed E-state index contributed by atoms with van der Waals surface area (Å²) >= 11 is 7.31. The van der Waals surface area contributed by atoms with E-state index in [1.165, 1.54) is 22.9 Å². The number of hydrogen-bond donors (Lipinski definition) is 1. The molecule has 0 saturated carbocycles. The molecule has 1 N–H and O–H groups in total. The van der Waals surface area contributed by atoms with Crippen LogP contribution in [0.5, 0.6) is 0 Å². The molecule has 2 nitrogen and oxygen atoms in total. The van der Waals surface area contributed by atoms with Crippen molar-refractivity contribution in [3.63, 3.8) is 0 Å². The number of carbonyl (C=O) groups is 1. The Bertz CT molecular complexity index is 610. The van der Waals surface area contributed by atoms with Crippen LogP contribution in [0.1, 0.15) is 11.1 Å². The minimum Gasteiger partial charge on any atom is -0.325 e. The minimum atomic E-state index is -0.00629. The molecule has 4 heteroatoms. The first-order valence-electron chi connectivity index (χ1n) is 6.30. The summed E-state index contributed by atoms with van der Waals surface area (Å²) in [5.41, 5.74) is 3.24. The lowest BCUT2D eigenvalue weighted by Crippen LogP contribution is -2.14. The molecule has 20 heavy (non-hydrogen) atoms. The number of hydrogen-bond acceptors (Lipinski definition) is 2. The summed E-state index contributed by atoms with van der Waals surface area (Å²) in [5.74, 6) is 0.377. The van der Waals surface area contributed by atoms with Crippen molar-refractivity contribution in [1.82, 2.24) is 0 Å². The second-order valence-electron chi connectivity index (χ2n) is 4.59. The van der Waals surface area contributed by atoms with Gasteiger partial charge in [0.15, 0.2) is 0 Å². The molecule has 0 spiro atoms. The molecule has 0 unspecified atom stereocenters. The monoisotopic (exact) mass is 305 g/mol. The van der Waals surface area contributed by atoms with Gasteiger partial charge in [-0.25, -0.2) is 0 Å². The van der Waals surface area contributed by atoms with Gasteiger partial charge in [0, 0.05) is 15.6 Å². The van der Waals surface area contributed by atoms with E-state index in [4.69, 9.17) is 11.6 Å². The Kier molecular flexibility index (Phi) is 5.10. The maximum Gasteiger partial charge on any atom is 0.234 e. The van der Waals surface area contributed by atoms with Crippen LogP contribution in [0.3, 0.4) is 0 Å². The van der Waals surface area contributed by atoms with Crippen LogP contribution in [0.2, 0.25) is 5.02 Å². The largest absolute Gasteiger partial charge is 0.325 e. The van der Waals surface area contributed by atoms with Gasteiger partial charge >= 0.3 is 0 Å². The summed E-state index contributed by atoms with van der Waals surface area (Å²) in [5, 5.41) is 3.61. The van der Waals surface area contributed by atoms with E-state index in [-0.39, 0.29) is 5.91 Å². The van der Waals surface area contributed by atoms with E-state index < -0.39 is 0 Å². The highest BCUT2D eigenvalue weighted by molar-refractivity contribution is 8.00. The fourth-order valence-corrected chi connectivity index (χ4v) is 2.52. The Hall–Kier alpha value is -1.45. The van der Waals surface area contributed by atoms with Gasteiger partial charge in [-0.05, 0) is 61.4 Å². The van der Waals surface area contributed by atoms with E-state index in [0.717, 1.165) is 10.6 Å². The molecule has 0 atom stereocenters. The van der Waals surface area contributed by atoms with E-state index in [9.17, 15) is 4.79 Å². The number of benzene rings is 2. The third-order valence-corrected chi connectivity index (χ3v) is 4.24. The molecule has 0 bridgehead atoms. The highest BCUT2D eigenvalue weighted by Crippen LogP contribution is 2.21. The predicted octanol–water partition coefficient (Wildman–Crippen LogP) is 4.69. The van der Waals surface area contributed by atoms with Gasteiger partial charge in [0.25, 0.3) is 0 Å². The molecule has 0 fully saturated rings. The number of thioether (sulfide) groups is 1. The van der Waals surface area contributed by atoms with Gasteiger partial charge in [-0.3, -0.25) is 4.79 Å². The van der Waals surface area contributed by atoms with Crippen molar-refractivity contribution in [2.75, 3.05) is 11.1 Å². The fraction of sp³-hybridized carbons (Fsp3) is 0.188. The van der Waals surface area contributed by atoms with E-state index >= 15 is 0 Å². The molecule has 104 valence electrons. The highest BCUT2D eigenvalue weighted by atomic mass is 35.5. The second-order valence-corrected chi connectivity index (χ2v) is 6.08. The van der Waals surface area contributed by atoms with Crippen molar-refractivity contribution in [1.29, 1.82) is 0 Å². The number of nitrogens with one attached hydrogen (secondary N) is 1. The summed E-state index contributed by atoms with van der Waals surface area (Å²) in [4.78, 5) is 12.9. The Balaban J connectivity index is 1.89. The minimum absolute atomic E-state index is 0.00629. The van der Waals surface area contributed by atoms with Gasteiger partial charge in [-0.2, -0.15) is 0 Å². The summed E-state index contributed by atoms with van der Waals surface area (Å²) in [6.45, 7) is 4.09. The smallest absolute Gasteiger partial charge is 0.234 e. The number of amides is 1. The molecule has 0 radical (unpaired) electrons. The van der Waals surface area contributed by atoms with Crippen molar-refractivity contribution in [2.24, 2.45) is 0 Å². The number of aryl methyl sites for hydroxylation is 2. The first kappa shape index (κ1) is 14.9. The predicted molar refractivity (Wildman–Crippen MR) is 86.7 cm³/mol. The average Bonchev–Trinajstić information content (AvgIpc) is 2.42. The molecular formula is C16H16ClNOS. The van der Waals surface area contributed by atoms with Gasteiger partial charge in [0.2, 0.25) is 5.91 Å². The lowest BCUT2D eigenvalue weighted by atomic mass is 10.1. The summed E-state index contributed by atoms with van der Waals surface area (Å²) in [6, 6.07) is 13.4. The summed E-state index contributed by atoms with van der Waals surface area (Å²) < 4.78 is 0. The van der Waals surface area contributed by atoms with Crippen molar-refractivity contribution >= 4 is 35.0 Å². The molecule has 0 aromatic heterocycles. The van der Waals surface area contributed by atoms with E-state index in [1.807, 2.05) is 49.4 Å². The fourth-order valence-electron chi connectivity index (χ4n) is 1.70. The molecule has 2 aromatic carbocycles. The van der Waals surface area contributed by atoms with Crippen LogP contribution >= 0.6 is 23.4 Å². The molecular weight excluding hydrogens is 290 g/mol. The summed E-state index contributed by atoms with van der Waals surface area (Å²) in [7, 11) is 0. The molecule has 0 aliphatic heterocycles. The van der Waals surface area contributed by atoms with Crippen LogP contribution in [0.15, 0.2) is 47.4 Å². The Morgan fingerprint density at radius 2 is 1.80 bits per heavy atom. The van der Waals surface area contributed by atoms with Crippen molar-refractivity contribution in [3.05, 3.63) is 58.6 Å². The van der Waals surface area contributed by atoms with Crippen LogP contribution in [-0.2, 0) is 4.79 Å². The lowest BCUT2D eigenvalue weighted by molar-refractivity contribution is -0.113. The maximum absolute atomic E-state index is 11.9. The summed E-state index contributed by atoms with van der Waals surface area (Å²) in [6.07, 6.45) is 0. The number of rotatable bonds is 4. The lowest BCUT2D eigenvalue weighted by Gasteiger charge is -2.07. The molecule has 0 aliphatic rings. The number of anilines is 1. The standard InChI is InChI=1S/C16H16ClNOS/c1-11-3-6-14(9-12(11)2)18-16(19)10-20-15-7-4-13(17)5-8-15/h3-9H,10H2,1-2H3,(H,18,19). The van der Waals surface area contributed by atoms with Gasteiger partial charge in [-0.15, -0.1) is 11.8 Å². The molecule has 0 saturated heterocycles. The SMILES string of the molecule is Cc1ccc(NC(=O)CSc2ccc(Cl)cc2)cc1C. The van der Waals surface area contributed by atoms with Crippen molar-refractivity contribution < 1.29 is 4.79 Å². The molecule has 0 heterocycles. The quantitative estimate of drug-likeness (QED) is 0.830. The van der Waals surface area contributed by atoms with E-state index in [2.05, 4.69) is 12.2 Å². The highest BCUT2D eigenvalue weighted by Gasteiger charge is 2.04. The molecule has 2 rings (SSSR count). The van der Waals surface area contributed by atoms with Gasteiger partial charge in [0.05, 0.1) is 5.75 Å². The molecule has 2 aromatic rings. The zero-order valence-electron chi connectivity index (χ0n) is 11.4. The third kappa shape index (κ3) is 4.29.